The Morgan fingerprint density at radius 1 is 1.16 bits per heavy atom. The highest BCUT2D eigenvalue weighted by Gasteiger charge is 2.10. The summed E-state index contributed by atoms with van der Waals surface area (Å²) in [7, 11) is 1.78. The predicted octanol–water partition coefficient (Wildman–Crippen LogP) is 0.942. The van der Waals surface area contributed by atoms with Crippen molar-refractivity contribution in [2.75, 3.05) is 42.2 Å². The highest BCUT2D eigenvalue weighted by Crippen LogP contribution is 2.13. The Labute approximate surface area is 114 Å². The van der Waals surface area contributed by atoms with Crippen molar-refractivity contribution in [1.82, 2.24) is 15.0 Å². The molecule has 0 aliphatic heterocycles. The molecule has 1 rings (SSSR count). The second-order valence-corrected chi connectivity index (χ2v) is 4.27. The van der Waals surface area contributed by atoms with E-state index in [1.54, 1.807) is 14.0 Å². The molecule has 0 aromatic carbocycles. The molecule has 7 nitrogen and oxygen atoms in total. The van der Waals surface area contributed by atoms with Crippen LogP contribution in [0.15, 0.2) is 0 Å². The van der Waals surface area contributed by atoms with E-state index in [9.17, 15) is 5.11 Å². The Bertz CT molecular complexity index is 380. The number of nitrogens with one attached hydrogen (secondary N) is 2. The maximum absolute atomic E-state index is 9.24. The van der Waals surface area contributed by atoms with E-state index in [1.807, 2.05) is 0 Å². The van der Waals surface area contributed by atoms with E-state index in [-0.39, 0.29) is 6.10 Å². The number of rotatable bonds is 8. The molecule has 1 aromatic heterocycles. The van der Waals surface area contributed by atoms with Crippen LogP contribution in [0.2, 0.25) is 0 Å². The lowest BCUT2D eigenvalue weighted by atomic mass is 10.3. The fourth-order valence-corrected chi connectivity index (χ4v) is 1.60. The molecule has 0 saturated heterocycles. The van der Waals surface area contributed by atoms with Gasteiger partial charge < -0.3 is 20.6 Å². The lowest BCUT2D eigenvalue weighted by Crippen LogP contribution is -2.25. The molecule has 3 N–H and O–H groups in total. The van der Waals surface area contributed by atoms with E-state index < -0.39 is 0 Å². The largest absolute Gasteiger partial charge is 0.393 e. The smallest absolute Gasteiger partial charge is 0.231 e. The molecule has 7 heteroatoms. The summed E-state index contributed by atoms with van der Waals surface area (Å²) in [4.78, 5) is 15.0. The van der Waals surface area contributed by atoms with Gasteiger partial charge in [-0.2, -0.15) is 15.0 Å². The summed E-state index contributed by atoms with van der Waals surface area (Å²) in [6, 6.07) is 0. The number of hydrogen-bond acceptors (Lipinski definition) is 7. The molecule has 1 aromatic rings. The Hall–Kier alpha value is -1.63. The van der Waals surface area contributed by atoms with Gasteiger partial charge in [-0.05, 0) is 27.2 Å². The van der Waals surface area contributed by atoms with Crippen molar-refractivity contribution < 1.29 is 5.11 Å². The van der Waals surface area contributed by atoms with Gasteiger partial charge in [-0.1, -0.05) is 0 Å². The molecule has 108 valence electrons. The minimum Gasteiger partial charge on any atom is -0.393 e. The highest BCUT2D eigenvalue weighted by molar-refractivity contribution is 5.43. The average molecular weight is 268 g/mol. The average Bonchev–Trinajstić information content (AvgIpc) is 2.39. The SMILES string of the molecule is CCN(CC)c1nc(NC)nc(NCCC(C)O)n1. The van der Waals surface area contributed by atoms with Gasteiger partial charge in [-0.15, -0.1) is 0 Å². The third kappa shape index (κ3) is 4.86. The van der Waals surface area contributed by atoms with Crippen molar-refractivity contribution in [1.29, 1.82) is 0 Å². The molecule has 1 atom stereocenters. The van der Waals surface area contributed by atoms with Gasteiger partial charge >= 0.3 is 0 Å². The van der Waals surface area contributed by atoms with Crippen LogP contribution >= 0.6 is 0 Å². The Kier molecular flexibility index (Phi) is 6.27. The van der Waals surface area contributed by atoms with E-state index in [2.05, 4.69) is 44.3 Å². The van der Waals surface area contributed by atoms with Gasteiger partial charge in [-0.25, -0.2) is 0 Å². The van der Waals surface area contributed by atoms with Crippen molar-refractivity contribution in [3.05, 3.63) is 0 Å². The summed E-state index contributed by atoms with van der Waals surface area (Å²) in [6.07, 6.45) is 0.321. The molecular weight excluding hydrogens is 244 g/mol. The summed E-state index contributed by atoms with van der Waals surface area (Å²) in [5.74, 6) is 1.72. The standard InChI is InChI=1S/C12H24N6O/c1-5-18(6-2)12-16-10(13-4)15-11(17-12)14-8-7-9(3)19/h9,19H,5-8H2,1-4H3,(H2,13,14,15,16,17). The maximum Gasteiger partial charge on any atom is 0.231 e. The van der Waals surface area contributed by atoms with Gasteiger partial charge in [0.15, 0.2) is 0 Å². The molecule has 19 heavy (non-hydrogen) atoms. The zero-order valence-corrected chi connectivity index (χ0v) is 12.1. The monoisotopic (exact) mass is 268 g/mol. The predicted molar refractivity (Wildman–Crippen MR) is 77.7 cm³/mol. The number of anilines is 3. The fraction of sp³-hybridized carbons (Fsp3) is 0.750. The molecule has 0 aliphatic carbocycles. The minimum absolute atomic E-state index is 0.333. The lowest BCUT2D eigenvalue weighted by molar-refractivity contribution is 0.188. The molecule has 0 aliphatic rings. The Balaban J connectivity index is 2.82. The van der Waals surface area contributed by atoms with E-state index in [1.165, 1.54) is 0 Å². The van der Waals surface area contributed by atoms with Crippen LogP contribution in [0.25, 0.3) is 0 Å². The quantitative estimate of drug-likeness (QED) is 0.647. The zero-order valence-electron chi connectivity index (χ0n) is 12.1. The third-order valence-corrected chi connectivity index (χ3v) is 2.74. The summed E-state index contributed by atoms with van der Waals surface area (Å²) >= 11 is 0. The molecule has 0 amide bonds. The van der Waals surface area contributed by atoms with Crippen molar-refractivity contribution in [2.45, 2.75) is 33.3 Å². The summed E-state index contributed by atoms with van der Waals surface area (Å²) in [5, 5.41) is 15.3. The first-order valence-electron chi connectivity index (χ1n) is 6.71. The molecule has 0 saturated carbocycles. The van der Waals surface area contributed by atoms with Crippen LogP contribution in [-0.2, 0) is 0 Å². The summed E-state index contributed by atoms with van der Waals surface area (Å²) < 4.78 is 0. The van der Waals surface area contributed by atoms with Crippen LogP contribution in [-0.4, -0.2) is 52.8 Å². The summed E-state index contributed by atoms with van der Waals surface area (Å²) in [6.45, 7) is 8.20. The number of aromatic nitrogens is 3. The minimum atomic E-state index is -0.333. The number of aliphatic hydroxyl groups excluding tert-OH is 1. The van der Waals surface area contributed by atoms with Gasteiger partial charge in [-0.3, -0.25) is 0 Å². The Morgan fingerprint density at radius 2 is 1.79 bits per heavy atom. The van der Waals surface area contributed by atoms with Gasteiger partial charge in [0.2, 0.25) is 17.8 Å². The first kappa shape index (κ1) is 15.4. The molecule has 0 spiro atoms. The normalized spacial score (nSPS) is 12.1. The number of aliphatic hydroxyl groups is 1. The van der Waals surface area contributed by atoms with Crippen LogP contribution in [0.1, 0.15) is 27.2 Å². The second-order valence-electron chi connectivity index (χ2n) is 4.27. The van der Waals surface area contributed by atoms with Gasteiger partial charge in [0.1, 0.15) is 0 Å². The van der Waals surface area contributed by atoms with Crippen molar-refractivity contribution in [3.8, 4) is 0 Å². The van der Waals surface area contributed by atoms with Crippen LogP contribution < -0.4 is 15.5 Å². The van der Waals surface area contributed by atoms with E-state index in [4.69, 9.17) is 0 Å². The number of hydrogen-bond donors (Lipinski definition) is 3. The molecule has 0 radical (unpaired) electrons. The molecule has 1 unspecified atom stereocenters. The first-order valence-corrected chi connectivity index (χ1v) is 6.71. The second kappa shape index (κ2) is 7.73. The van der Waals surface area contributed by atoms with E-state index in [0.29, 0.717) is 30.8 Å². The number of nitrogens with zero attached hydrogens (tertiary/aromatic N) is 4. The van der Waals surface area contributed by atoms with Crippen molar-refractivity contribution in [2.24, 2.45) is 0 Å². The zero-order chi connectivity index (χ0) is 14.3. The van der Waals surface area contributed by atoms with Crippen LogP contribution in [0.5, 0.6) is 0 Å². The topological polar surface area (TPSA) is 86.2 Å². The molecular formula is C12H24N6O. The van der Waals surface area contributed by atoms with E-state index >= 15 is 0 Å². The fourth-order valence-electron chi connectivity index (χ4n) is 1.60. The maximum atomic E-state index is 9.24. The Morgan fingerprint density at radius 3 is 2.32 bits per heavy atom. The van der Waals surface area contributed by atoms with Gasteiger partial charge in [0, 0.05) is 26.7 Å². The van der Waals surface area contributed by atoms with Crippen molar-refractivity contribution >= 4 is 17.8 Å². The molecule has 1 heterocycles. The van der Waals surface area contributed by atoms with Gasteiger partial charge in [0.05, 0.1) is 6.10 Å². The van der Waals surface area contributed by atoms with Crippen LogP contribution in [0, 0.1) is 0 Å². The molecule has 0 bridgehead atoms. The summed E-state index contributed by atoms with van der Waals surface area (Å²) in [5.41, 5.74) is 0. The highest BCUT2D eigenvalue weighted by atomic mass is 16.3. The van der Waals surface area contributed by atoms with Crippen LogP contribution in [0.3, 0.4) is 0 Å². The van der Waals surface area contributed by atoms with Gasteiger partial charge in [0.25, 0.3) is 0 Å². The van der Waals surface area contributed by atoms with E-state index in [0.717, 1.165) is 13.1 Å². The van der Waals surface area contributed by atoms with Crippen molar-refractivity contribution in [3.63, 3.8) is 0 Å². The lowest BCUT2D eigenvalue weighted by Gasteiger charge is -2.19. The first-order chi connectivity index (χ1) is 9.10. The third-order valence-electron chi connectivity index (χ3n) is 2.74. The van der Waals surface area contributed by atoms with Crippen LogP contribution in [0.4, 0.5) is 17.8 Å². The molecule has 0 fully saturated rings.